The van der Waals surface area contributed by atoms with Crippen LogP contribution in [0.2, 0.25) is 0 Å². The molecule has 0 aliphatic carbocycles. The molecule has 0 saturated carbocycles. The number of hydrogen-bond donors (Lipinski definition) is 1. The summed E-state index contributed by atoms with van der Waals surface area (Å²) in [7, 11) is 1.78. The van der Waals surface area contributed by atoms with Gasteiger partial charge in [0.25, 0.3) is 0 Å². The fourth-order valence-corrected chi connectivity index (χ4v) is 6.71. The van der Waals surface area contributed by atoms with Gasteiger partial charge in [-0.3, -0.25) is 4.79 Å². The van der Waals surface area contributed by atoms with E-state index in [9.17, 15) is 4.79 Å². The van der Waals surface area contributed by atoms with E-state index >= 15 is 0 Å². The summed E-state index contributed by atoms with van der Waals surface area (Å²) in [6.07, 6.45) is 1.04. The maximum atomic E-state index is 13.1. The summed E-state index contributed by atoms with van der Waals surface area (Å²) in [6, 6.07) is 10.1. The van der Waals surface area contributed by atoms with Gasteiger partial charge in [-0.25, -0.2) is 0 Å². The molecule has 3 heterocycles. The lowest BCUT2D eigenvalue weighted by Crippen LogP contribution is -2.05. The van der Waals surface area contributed by atoms with Crippen LogP contribution in [-0.2, 0) is 6.54 Å². The second-order valence-corrected chi connectivity index (χ2v) is 9.30. The van der Waals surface area contributed by atoms with Crippen molar-refractivity contribution < 1.29 is 4.79 Å². The molecule has 4 nitrogen and oxygen atoms in total. The third kappa shape index (κ3) is 2.39. The van der Waals surface area contributed by atoms with E-state index in [2.05, 4.69) is 25.7 Å². The largest absolute Gasteiger partial charge is 0.344 e. The lowest BCUT2D eigenvalue weighted by molar-refractivity contribution is 0.103. The minimum Gasteiger partial charge on any atom is -0.344 e. The van der Waals surface area contributed by atoms with Crippen LogP contribution in [0.5, 0.6) is 0 Å². The van der Waals surface area contributed by atoms with Crippen LogP contribution in [0.25, 0.3) is 10.9 Å². The minimum atomic E-state index is -0.179. The van der Waals surface area contributed by atoms with E-state index in [1.165, 1.54) is 0 Å². The number of carbonyl (C=O) groups excluding carboxylic acids is 1. The molecule has 1 aromatic carbocycles. The lowest BCUT2D eigenvalue weighted by atomic mass is 10.0. The van der Waals surface area contributed by atoms with Crippen LogP contribution in [0.3, 0.4) is 0 Å². The topological polar surface area (TPSA) is 50.1 Å². The fraction of sp³-hybridized carbons (Fsp3) is 0.235. The molecule has 6 heteroatoms. The van der Waals surface area contributed by atoms with Crippen LogP contribution >= 0.6 is 28.6 Å². The van der Waals surface area contributed by atoms with Crippen LogP contribution in [0.15, 0.2) is 38.4 Å². The van der Waals surface area contributed by atoms with Gasteiger partial charge in [0, 0.05) is 23.1 Å². The normalized spacial score (nSPS) is 13.3. The molecule has 1 aliphatic rings. The Morgan fingerprint density at radius 2 is 2.22 bits per heavy atom. The van der Waals surface area contributed by atoms with Crippen molar-refractivity contribution in [3.8, 4) is 0 Å². The fourth-order valence-electron chi connectivity index (χ4n) is 3.12. The maximum absolute atomic E-state index is 13.1. The number of H-pyrrole nitrogens is 1. The molecule has 0 bridgehead atoms. The summed E-state index contributed by atoms with van der Waals surface area (Å²) < 4.78 is 6.73. The first kappa shape index (κ1) is 15.1. The Morgan fingerprint density at radius 3 is 3.00 bits per heavy atom. The first-order chi connectivity index (χ1) is 11.2. The highest BCUT2D eigenvalue weighted by molar-refractivity contribution is 14.2. The Morgan fingerprint density at radius 1 is 1.39 bits per heavy atom. The highest BCUT2D eigenvalue weighted by atomic mass is 127. The number of hydrogen-bond acceptors (Lipinski definition) is 3. The van der Waals surface area contributed by atoms with Crippen molar-refractivity contribution in [2.45, 2.75) is 31.7 Å². The summed E-state index contributed by atoms with van der Waals surface area (Å²) in [5, 5.41) is 1.04. The van der Waals surface area contributed by atoms with Crippen molar-refractivity contribution in [3.05, 3.63) is 47.3 Å². The molecule has 0 spiro atoms. The summed E-state index contributed by atoms with van der Waals surface area (Å²) in [5.74, 6) is 0.957. The summed E-state index contributed by atoms with van der Waals surface area (Å²) >= 11 is -0.179. The van der Waals surface area contributed by atoms with E-state index in [1.807, 2.05) is 31.2 Å². The first-order valence-corrected chi connectivity index (χ1v) is 11.9. The van der Waals surface area contributed by atoms with Gasteiger partial charge in [-0.1, -0.05) is 25.1 Å². The van der Waals surface area contributed by atoms with Gasteiger partial charge < -0.3 is 9.55 Å². The molecule has 0 radical (unpaired) electrons. The van der Waals surface area contributed by atoms with Crippen molar-refractivity contribution in [2.24, 2.45) is 3.15 Å². The number of nitrogens with zero attached hydrogens (tertiary/aromatic N) is 2. The van der Waals surface area contributed by atoms with E-state index in [-0.39, 0.29) is 25.4 Å². The van der Waals surface area contributed by atoms with Gasteiger partial charge in [-0.15, -0.1) is 0 Å². The lowest BCUT2D eigenvalue weighted by Gasteiger charge is -2.06. The number of aromatic amines is 1. The monoisotopic (exact) mass is 437 g/mol. The van der Waals surface area contributed by atoms with E-state index in [0.717, 1.165) is 45.8 Å². The SMILES string of the molecule is CCCn1c(C)c(C(=O)c2cc3c([nH]2)N=IS3)c2ccccc21. The van der Waals surface area contributed by atoms with Gasteiger partial charge in [0.05, 0.1) is 35.8 Å². The Bertz CT molecular complexity index is 954. The molecule has 1 aliphatic heterocycles. The number of carbonyl (C=O) groups is 1. The van der Waals surface area contributed by atoms with E-state index in [0.29, 0.717) is 5.69 Å². The van der Waals surface area contributed by atoms with Gasteiger partial charge >= 0.3 is 0 Å². The molecule has 0 fully saturated rings. The van der Waals surface area contributed by atoms with Gasteiger partial charge in [0.2, 0.25) is 5.78 Å². The van der Waals surface area contributed by atoms with E-state index in [4.69, 9.17) is 0 Å². The molecule has 0 saturated heterocycles. The standard InChI is InChI=1S/C17H16IN3OS/c1-3-8-21-10(2)15(11-6-4-5-7-13(11)21)16(22)12-9-14-17(19-12)20-18-23-14/h4-7,9,19H,3,8H2,1-2H3. The number of nitrogens with one attached hydrogen (secondary N) is 1. The summed E-state index contributed by atoms with van der Waals surface area (Å²) in [6.45, 7) is 5.13. The third-order valence-corrected chi connectivity index (χ3v) is 7.85. The average molecular weight is 437 g/mol. The summed E-state index contributed by atoms with van der Waals surface area (Å²) in [5.41, 5.74) is 3.65. The molecule has 0 unspecified atom stereocenters. The average Bonchev–Trinajstić information content (AvgIpc) is 3.20. The van der Waals surface area contributed by atoms with Crippen LogP contribution < -0.4 is 0 Å². The molecule has 2 aromatic heterocycles. The third-order valence-electron chi connectivity index (χ3n) is 4.15. The van der Waals surface area contributed by atoms with Gasteiger partial charge in [0.15, 0.2) is 5.82 Å². The van der Waals surface area contributed by atoms with Crippen LogP contribution in [0.4, 0.5) is 5.82 Å². The van der Waals surface area contributed by atoms with Crippen molar-refractivity contribution in [3.63, 3.8) is 0 Å². The Kier molecular flexibility index (Phi) is 3.88. The maximum Gasteiger partial charge on any atom is 0.211 e. The quantitative estimate of drug-likeness (QED) is 0.419. The van der Waals surface area contributed by atoms with Crippen LogP contribution in [0, 0.1) is 6.92 Å². The van der Waals surface area contributed by atoms with E-state index in [1.54, 1.807) is 8.93 Å². The van der Waals surface area contributed by atoms with Crippen LogP contribution in [0.1, 0.15) is 35.1 Å². The number of benzene rings is 1. The highest BCUT2D eigenvalue weighted by Gasteiger charge is 2.24. The van der Waals surface area contributed by atoms with Gasteiger partial charge in [-0.2, -0.15) is 3.15 Å². The zero-order chi connectivity index (χ0) is 16.0. The Balaban J connectivity index is 1.89. The summed E-state index contributed by atoms with van der Waals surface area (Å²) in [4.78, 5) is 17.4. The first-order valence-electron chi connectivity index (χ1n) is 7.58. The van der Waals surface area contributed by atoms with Crippen molar-refractivity contribution in [1.82, 2.24) is 9.55 Å². The minimum absolute atomic E-state index is 0.0666. The number of fused-ring (bicyclic) bond motifs is 2. The number of rotatable bonds is 4. The molecular formula is C17H16IN3OS. The molecule has 0 atom stereocenters. The number of ketones is 1. The number of aryl methyl sites for hydroxylation is 1. The van der Waals surface area contributed by atoms with Crippen LogP contribution in [-0.4, -0.2) is 15.3 Å². The number of para-hydroxylation sites is 1. The Labute approximate surface area is 147 Å². The molecule has 1 N–H and O–H groups in total. The van der Waals surface area contributed by atoms with E-state index < -0.39 is 0 Å². The number of aromatic nitrogens is 2. The zero-order valence-corrected chi connectivity index (χ0v) is 15.9. The molecule has 118 valence electrons. The molecule has 4 rings (SSSR count). The number of halogens is 1. The Hall–Kier alpha value is -1.41. The zero-order valence-electron chi connectivity index (χ0n) is 12.9. The van der Waals surface area contributed by atoms with Crippen molar-refractivity contribution in [1.29, 1.82) is 0 Å². The van der Waals surface area contributed by atoms with Gasteiger partial charge in [0.1, 0.15) is 0 Å². The molecule has 0 amide bonds. The van der Waals surface area contributed by atoms with Crippen molar-refractivity contribution in [2.75, 3.05) is 0 Å². The predicted octanol–water partition coefficient (Wildman–Crippen LogP) is 5.73. The molecule has 23 heavy (non-hydrogen) atoms. The van der Waals surface area contributed by atoms with Gasteiger partial charge in [-0.05, 0) is 34.4 Å². The van der Waals surface area contributed by atoms with Crippen molar-refractivity contribution >= 4 is 51.1 Å². The smallest absolute Gasteiger partial charge is 0.211 e. The highest BCUT2D eigenvalue weighted by Crippen LogP contribution is 2.47. The second-order valence-electron chi connectivity index (χ2n) is 5.58. The predicted molar refractivity (Wildman–Crippen MR) is 103 cm³/mol. The molecule has 3 aromatic rings. The molecular weight excluding hydrogens is 421 g/mol. The second kappa shape index (κ2) is 5.90.